The Morgan fingerprint density at radius 3 is 2.31 bits per heavy atom. The van der Waals surface area contributed by atoms with E-state index in [4.69, 9.17) is 0 Å². The Balaban J connectivity index is 2.42. The van der Waals surface area contributed by atoms with Crippen molar-refractivity contribution in [2.45, 2.75) is 11.8 Å². The SMILES string of the molecule is Cn1ccnc1C1(C(F)(F)F)N=N1. The summed E-state index contributed by atoms with van der Waals surface area (Å²) in [5.74, 6) is -0.194. The van der Waals surface area contributed by atoms with Crippen molar-refractivity contribution in [3.8, 4) is 0 Å². The molecule has 1 aromatic heterocycles. The predicted molar refractivity (Wildman–Crippen MR) is 35.8 cm³/mol. The highest BCUT2D eigenvalue weighted by Crippen LogP contribution is 2.51. The first-order chi connectivity index (χ1) is 5.97. The minimum atomic E-state index is -4.49. The molecule has 1 aromatic rings. The van der Waals surface area contributed by atoms with Gasteiger partial charge in [0.25, 0.3) is 0 Å². The third kappa shape index (κ3) is 0.958. The van der Waals surface area contributed by atoms with Crippen LogP contribution in [0.15, 0.2) is 22.6 Å². The van der Waals surface area contributed by atoms with Gasteiger partial charge in [0, 0.05) is 19.4 Å². The molecule has 13 heavy (non-hydrogen) atoms. The van der Waals surface area contributed by atoms with E-state index >= 15 is 0 Å². The topological polar surface area (TPSA) is 42.5 Å². The number of hydrogen-bond acceptors (Lipinski definition) is 3. The maximum atomic E-state index is 12.4. The second-order valence-electron chi connectivity index (χ2n) is 2.73. The fourth-order valence-corrected chi connectivity index (χ4v) is 1.08. The summed E-state index contributed by atoms with van der Waals surface area (Å²) in [4.78, 5) is 3.57. The fraction of sp³-hybridized carbons (Fsp3) is 0.500. The first-order valence-electron chi connectivity index (χ1n) is 3.46. The van der Waals surface area contributed by atoms with Crippen LogP contribution in [0.25, 0.3) is 0 Å². The third-order valence-corrected chi connectivity index (χ3v) is 1.83. The number of imidazole rings is 1. The van der Waals surface area contributed by atoms with E-state index in [1.54, 1.807) is 0 Å². The van der Waals surface area contributed by atoms with Crippen molar-refractivity contribution in [3.05, 3.63) is 18.2 Å². The van der Waals surface area contributed by atoms with Gasteiger partial charge in [-0.1, -0.05) is 0 Å². The van der Waals surface area contributed by atoms with Crippen molar-refractivity contribution in [1.29, 1.82) is 0 Å². The largest absolute Gasteiger partial charge is 0.445 e. The molecule has 1 aliphatic rings. The molecule has 0 fully saturated rings. The van der Waals surface area contributed by atoms with Crippen molar-refractivity contribution in [2.24, 2.45) is 17.3 Å². The second kappa shape index (κ2) is 2.09. The predicted octanol–water partition coefficient (Wildman–Crippen LogP) is 1.60. The van der Waals surface area contributed by atoms with Crippen LogP contribution in [0.3, 0.4) is 0 Å². The molecule has 70 valence electrons. The van der Waals surface area contributed by atoms with E-state index in [1.807, 2.05) is 0 Å². The van der Waals surface area contributed by atoms with Crippen LogP contribution >= 0.6 is 0 Å². The fourth-order valence-electron chi connectivity index (χ4n) is 1.08. The van der Waals surface area contributed by atoms with Gasteiger partial charge in [0.15, 0.2) is 5.82 Å². The molecule has 0 N–H and O–H groups in total. The van der Waals surface area contributed by atoms with Gasteiger partial charge in [-0.05, 0) is 0 Å². The van der Waals surface area contributed by atoms with Gasteiger partial charge < -0.3 is 4.57 Å². The lowest BCUT2D eigenvalue weighted by Gasteiger charge is -2.13. The van der Waals surface area contributed by atoms with E-state index in [0.29, 0.717) is 0 Å². The number of aryl methyl sites for hydroxylation is 1. The van der Waals surface area contributed by atoms with Crippen molar-refractivity contribution < 1.29 is 13.2 Å². The number of aromatic nitrogens is 2. The normalized spacial score (nSPS) is 19.1. The van der Waals surface area contributed by atoms with Gasteiger partial charge in [-0.15, -0.1) is 10.2 Å². The number of halogens is 3. The Bertz CT molecular complexity index is 358. The Labute approximate surface area is 71.1 Å². The summed E-state index contributed by atoms with van der Waals surface area (Å²) in [5, 5.41) is 6.05. The summed E-state index contributed by atoms with van der Waals surface area (Å²) in [6, 6.07) is 0. The number of rotatable bonds is 1. The highest BCUT2D eigenvalue weighted by Gasteiger charge is 2.67. The standard InChI is InChI=1S/C6H5F3N4/c1-13-3-2-10-4(13)5(11-12-5)6(7,8)9/h2-3H,1H3. The van der Waals surface area contributed by atoms with Gasteiger partial charge in [0.1, 0.15) is 0 Å². The molecule has 0 bridgehead atoms. The molecule has 7 heteroatoms. The van der Waals surface area contributed by atoms with Crippen molar-refractivity contribution >= 4 is 0 Å². The van der Waals surface area contributed by atoms with Crippen LogP contribution < -0.4 is 0 Å². The van der Waals surface area contributed by atoms with Crippen LogP contribution in [0.1, 0.15) is 5.82 Å². The Kier molecular flexibility index (Phi) is 1.32. The van der Waals surface area contributed by atoms with Crippen molar-refractivity contribution in [3.63, 3.8) is 0 Å². The summed E-state index contributed by atoms with van der Waals surface area (Å²) in [6.07, 6.45) is -1.79. The number of nitrogens with zero attached hydrogens (tertiary/aromatic N) is 4. The van der Waals surface area contributed by atoms with Crippen LogP contribution in [0, 0.1) is 0 Å². The first kappa shape index (κ1) is 8.21. The van der Waals surface area contributed by atoms with Crippen LogP contribution in [-0.2, 0) is 12.7 Å². The average molecular weight is 190 g/mol. The van der Waals surface area contributed by atoms with Gasteiger partial charge in [-0.3, -0.25) is 0 Å². The molecular weight excluding hydrogens is 185 g/mol. The van der Waals surface area contributed by atoms with Crippen molar-refractivity contribution in [2.75, 3.05) is 0 Å². The summed E-state index contributed by atoms with van der Waals surface area (Å²) in [5.41, 5.74) is -2.40. The molecule has 0 atom stereocenters. The van der Waals surface area contributed by atoms with Gasteiger partial charge >= 0.3 is 11.8 Å². The zero-order chi connectivity index (χ0) is 9.69. The van der Waals surface area contributed by atoms with Crippen molar-refractivity contribution in [1.82, 2.24) is 9.55 Å². The maximum absolute atomic E-state index is 12.4. The molecule has 0 amide bonds. The molecular formula is C6H5F3N4. The summed E-state index contributed by atoms with van der Waals surface area (Å²) in [6.45, 7) is 0. The van der Waals surface area contributed by atoms with E-state index in [2.05, 4.69) is 15.2 Å². The van der Waals surface area contributed by atoms with Gasteiger partial charge in [-0.25, -0.2) is 4.98 Å². The van der Waals surface area contributed by atoms with E-state index in [0.717, 1.165) is 0 Å². The monoisotopic (exact) mass is 190 g/mol. The molecule has 0 aromatic carbocycles. The Hall–Kier alpha value is -1.40. The Morgan fingerprint density at radius 1 is 1.38 bits per heavy atom. The Morgan fingerprint density at radius 2 is 2.00 bits per heavy atom. The lowest BCUT2D eigenvalue weighted by molar-refractivity contribution is -0.168. The molecule has 0 aliphatic carbocycles. The average Bonchev–Trinajstić information content (AvgIpc) is 2.70. The maximum Gasteiger partial charge on any atom is 0.445 e. The first-order valence-corrected chi connectivity index (χ1v) is 3.46. The minimum Gasteiger partial charge on any atom is -0.334 e. The summed E-state index contributed by atoms with van der Waals surface area (Å²) >= 11 is 0. The minimum absolute atomic E-state index is 0.194. The van der Waals surface area contributed by atoms with Gasteiger partial charge in [0.2, 0.25) is 0 Å². The lowest BCUT2D eigenvalue weighted by atomic mass is 10.2. The third-order valence-electron chi connectivity index (χ3n) is 1.83. The zero-order valence-electron chi connectivity index (χ0n) is 6.58. The highest BCUT2D eigenvalue weighted by atomic mass is 19.4. The van der Waals surface area contributed by atoms with Crippen LogP contribution in [0.4, 0.5) is 13.2 Å². The van der Waals surface area contributed by atoms with Crippen LogP contribution in [0.2, 0.25) is 0 Å². The van der Waals surface area contributed by atoms with Gasteiger partial charge in [-0.2, -0.15) is 13.2 Å². The molecule has 0 spiro atoms. The number of alkyl halides is 3. The second-order valence-corrected chi connectivity index (χ2v) is 2.73. The van der Waals surface area contributed by atoms with E-state index in [1.165, 1.54) is 24.0 Å². The molecule has 2 rings (SSSR count). The molecule has 0 unspecified atom stereocenters. The zero-order valence-corrected chi connectivity index (χ0v) is 6.58. The van der Waals surface area contributed by atoms with Crippen LogP contribution in [0.5, 0.6) is 0 Å². The van der Waals surface area contributed by atoms with E-state index < -0.39 is 11.8 Å². The van der Waals surface area contributed by atoms with E-state index in [9.17, 15) is 13.2 Å². The highest BCUT2D eigenvalue weighted by molar-refractivity contribution is 5.16. The molecule has 0 saturated carbocycles. The molecule has 4 nitrogen and oxygen atoms in total. The summed E-state index contributed by atoms with van der Waals surface area (Å²) < 4.78 is 38.5. The lowest BCUT2D eigenvalue weighted by Crippen LogP contribution is -2.32. The molecule has 0 saturated heterocycles. The van der Waals surface area contributed by atoms with E-state index in [-0.39, 0.29) is 5.82 Å². The smallest absolute Gasteiger partial charge is 0.334 e. The molecule has 0 radical (unpaired) electrons. The quantitative estimate of drug-likeness (QED) is 0.663. The summed E-state index contributed by atoms with van der Waals surface area (Å²) in [7, 11) is 1.47. The number of hydrogen-bond donors (Lipinski definition) is 0. The molecule has 2 heterocycles. The van der Waals surface area contributed by atoms with Crippen LogP contribution in [-0.4, -0.2) is 15.7 Å². The molecule has 1 aliphatic heterocycles. The van der Waals surface area contributed by atoms with Gasteiger partial charge in [0.05, 0.1) is 0 Å².